The van der Waals surface area contributed by atoms with Crippen molar-refractivity contribution in [1.82, 2.24) is 10.3 Å². The summed E-state index contributed by atoms with van der Waals surface area (Å²) in [7, 11) is 0. The summed E-state index contributed by atoms with van der Waals surface area (Å²) in [6, 6.07) is 1.33. The molecule has 0 amide bonds. The molecule has 2 heterocycles. The first-order valence-electron chi connectivity index (χ1n) is 5.04. The smallest absolute Gasteiger partial charge is 0.141 e. The third-order valence-electron chi connectivity index (χ3n) is 2.76. The largest absolute Gasteiger partial charge is 0.387 e. The second-order valence-electron chi connectivity index (χ2n) is 4.72. The van der Waals surface area contributed by atoms with Crippen LogP contribution in [0.4, 0.5) is 4.39 Å². The highest BCUT2D eigenvalue weighted by atomic mass is 19.1. The number of aromatic nitrogens is 1. The molecule has 0 aromatic carbocycles. The quantitative estimate of drug-likeness (QED) is 0.775. The zero-order chi connectivity index (χ0) is 11.1. The summed E-state index contributed by atoms with van der Waals surface area (Å²) < 4.78 is 12.9. The third-order valence-corrected chi connectivity index (χ3v) is 2.76. The van der Waals surface area contributed by atoms with Crippen LogP contribution >= 0.6 is 0 Å². The van der Waals surface area contributed by atoms with Crippen LogP contribution in [0.2, 0.25) is 0 Å². The molecule has 2 atom stereocenters. The van der Waals surface area contributed by atoms with E-state index in [0.29, 0.717) is 5.56 Å². The van der Waals surface area contributed by atoms with Gasteiger partial charge in [0.2, 0.25) is 0 Å². The molecule has 2 rings (SSSR count). The summed E-state index contributed by atoms with van der Waals surface area (Å²) in [5.74, 6) is -0.412. The van der Waals surface area contributed by atoms with Gasteiger partial charge in [-0.05, 0) is 26.3 Å². The summed E-state index contributed by atoms with van der Waals surface area (Å²) >= 11 is 0. The average molecular weight is 210 g/mol. The van der Waals surface area contributed by atoms with Crippen LogP contribution in [0.3, 0.4) is 0 Å². The van der Waals surface area contributed by atoms with Gasteiger partial charge in [0.1, 0.15) is 5.82 Å². The van der Waals surface area contributed by atoms with Crippen molar-refractivity contribution >= 4 is 0 Å². The van der Waals surface area contributed by atoms with Crippen molar-refractivity contribution in [1.29, 1.82) is 0 Å². The van der Waals surface area contributed by atoms with Crippen molar-refractivity contribution in [3.05, 3.63) is 29.8 Å². The van der Waals surface area contributed by atoms with Crippen molar-refractivity contribution in [2.24, 2.45) is 0 Å². The molecule has 2 unspecified atom stereocenters. The van der Waals surface area contributed by atoms with Gasteiger partial charge in [-0.25, -0.2) is 4.39 Å². The van der Waals surface area contributed by atoms with Crippen LogP contribution in [0.1, 0.15) is 31.9 Å². The Morgan fingerprint density at radius 3 is 2.80 bits per heavy atom. The molecule has 1 aliphatic heterocycles. The molecular weight excluding hydrogens is 195 g/mol. The van der Waals surface area contributed by atoms with Crippen molar-refractivity contribution < 1.29 is 9.50 Å². The number of aliphatic hydroxyl groups excluding tert-OH is 1. The standard InChI is InChI=1S/C11H15FN2O/c1-11(2)4-9(14-11)10(15)7-3-8(12)6-13-5-7/h3,5-6,9-10,14-15H,4H2,1-2H3. The molecule has 1 aromatic rings. The van der Waals surface area contributed by atoms with Gasteiger partial charge in [-0.1, -0.05) is 0 Å². The van der Waals surface area contributed by atoms with E-state index in [2.05, 4.69) is 24.1 Å². The Bertz CT molecular complexity index is 359. The van der Waals surface area contributed by atoms with Crippen LogP contribution in [-0.2, 0) is 0 Å². The lowest BCUT2D eigenvalue weighted by Gasteiger charge is -2.46. The number of pyridine rings is 1. The van der Waals surface area contributed by atoms with Crippen LogP contribution < -0.4 is 5.32 Å². The fourth-order valence-electron chi connectivity index (χ4n) is 2.04. The molecule has 1 fully saturated rings. The van der Waals surface area contributed by atoms with Crippen molar-refractivity contribution in [3.63, 3.8) is 0 Å². The maximum atomic E-state index is 12.9. The van der Waals surface area contributed by atoms with E-state index in [-0.39, 0.29) is 11.6 Å². The van der Waals surface area contributed by atoms with E-state index in [1.54, 1.807) is 0 Å². The maximum absolute atomic E-state index is 12.9. The van der Waals surface area contributed by atoms with Gasteiger partial charge < -0.3 is 10.4 Å². The number of rotatable bonds is 2. The number of aliphatic hydroxyl groups is 1. The van der Waals surface area contributed by atoms with E-state index >= 15 is 0 Å². The normalized spacial score (nSPS) is 25.7. The second kappa shape index (κ2) is 3.54. The molecule has 0 bridgehead atoms. The van der Waals surface area contributed by atoms with Crippen LogP contribution in [0.15, 0.2) is 18.5 Å². The molecule has 0 radical (unpaired) electrons. The fourth-order valence-corrected chi connectivity index (χ4v) is 2.04. The number of hydrogen-bond donors (Lipinski definition) is 2. The first kappa shape index (κ1) is 10.5. The highest BCUT2D eigenvalue weighted by Gasteiger charge is 2.39. The van der Waals surface area contributed by atoms with Crippen molar-refractivity contribution in [2.45, 2.75) is 38.0 Å². The highest BCUT2D eigenvalue weighted by molar-refractivity contribution is 5.17. The Morgan fingerprint density at radius 1 is 1.60 bits per heavy atom. The van der Waals surface area contributed by atoms with Crippen molar-refractivity contribution in [2.75, 3.05) is 0 Å². The topological polar surface area (TPSA) is 45.2 Å². The number of nitrogens with one attached hydrogen (secondary N) is 1. The monoisotopic (exact) mass is 210 g/mol. The minimum absolute atomic E-state index is 0.00333. The van der Waals surface area contributed by atoms with E-state index < -0.39 is 11.9 Å². The Hall–Kier alpha value is -1.00. The third kappa shape index (κ3) is 2.16. The van der Waals surface area contributed by atoms with E-state index in [0.717, 1.165) is 12.6 Å². The van der Waals surface area contributed by atoms with E-state index in [1.807, 2.05) is 0 Å². The lowest BCUT2D eigenvalue weighted by Crippen LogP contribution is -2.61. The molecule has 2 N–H and O–H groups in total. The lowest BCUT2D eigenvalue weighted by molar-refractivity contribution is 0.0386. The van der Waals surface area contributed by atoms with Crippen molar-refractivity contribution in [3.8, 4) is 0 Å². The van der Waals surface area contributed by atoms with E-state index in [9.17, 15) is 9.50 Å². The molecule has 1 saturated heterocycles. The van der Waals surface area contributed by atoms with Gasteiger partial charge in [0.15, 0.2) is 0 Å². The number of nitrogens with zero attached hydrogens (tertiary/aromatic N) is 1. The maximum Gasteiger partial charge on any atom is 0.141 e. The minimum Gasteiger partial charge on any atom is -0.387 e. The summed E-state index contributed by atoms with van der Waals surface area (Å²) in [4.78, 5) is 3.72. The molecule has 4 heteroatoms. The zero-order valence-electron chi connectivity index (χ0n) is 8.87. The van der Waals surface area contributed by atoms with Gasteiger partial charge in [-0.2, -0.15) is 0 Å². The minimum atomic E-state index is -0.679. The highest BCUT2D eigenvalue weighted by Crippen LogP contribution is 2.31. The molecule has 15 heavy (non-hydrogen) atoms. The van der Waals surface area contributed by atoms with Crippen LogP contribution in [0.25, 0.3) is 0 Å². The van der Waals surface area contributed by atoms with E-state index in [4.69, 9.17) is 0 Å². The van der Waals surface area contributed by atoms with Gasteiger partial charge in [0, 0.05) is 23.3 Å². The van der Waals surface area contributed by atoms with Crippen LogP contribution in [-0.4, -0.2) is 21.7 Å². The molecule has 0 aliphatic carbocycles. The summed E-state index contributed by atoms with van der Waals surface area (Å²) in [5, 5.41) is 13.2. The van der Waals surface area contributed by atoms with Gasteiger partial charge in [0.25, 0.3) is 0 Å². The van der Waals surface area contributed by atoms with Gasteiger partial charge in [-0.15, -0.1) is 0 Å². The zero-order valence-corrected chi connectivity index (χ0v) is 8.87. The van der Waals surface area contributed by atoms with Crippen LogP contribution in [0.5, 0.6) is 0 Å². The fraction of sp³-hybridized carbons (Fsp3) is 0.545. The van der Waals surface area contributed by atoms with Gasteiger partial charge in [-0.3, -0.25) is 4.98 Å². The van der Waals surface area contributed by atoms with Crippen LogP contribution in [0, 0.1) is 5.82 Å². The number of hydrogen-bond acceptors (Lipinski definition) is 3. The second-order valence-corrected chi connectivity index (χ2v) is 4.72. The predicted octanol–water partition coefficient (Wildman–Crippen LogP) is 1.39. The molecule has 3 nitrogen and oxygen atoms in total. The Labute approximate surface area is 88.3 Å². The predicted molar refractivity (Wildman–Crippen MR) is 54.8 cm³/mol. The molecule has 0 spiro atoms. The summed E-state index contributed by atoms with van der Waals surface area (Å²) in [6.45, 7) is 4.14. The average Bonchev–Trinajstić information content (AvgIpc) is 2.13. The molecule has 82 valence electrons. The summed E-state index contributed by atoms with van der Waals surface area (Å²) in [6.07, 6.45) is 2.83. The SMILES string of the molecule is CC1(C)CC(C(O)c2cncc(F)c2)N1. The first-order chi connectivity index (χ1) is 6.98. The molecule has 1 aliphatic rings. The van der Waals surface area contributed by atoms with Gasteiger partial charge in [0.05, 0.1) is 12.3 Å². The van der Waals surface area contributed by atoms with E-state index in [1.165, 1.54) is 12.3 Å². The number of halogens is 1. The summed E-state index contributed by atoms with van der Waals surface area (Å²) in [5.41, 5.74) is 0.606. The Kier molecular flexibility index (Phi) is 2.48. The molecule has 1 aromatic heterocycles. The molecular formula is C11H15FN2O. The lowest BCUT2D eigenvalue weighted by atomic mass is 9.81. The Balaban J connectivity index is 2.06. The molecule has 0 saturated carbocycles. The van der Waals surface area contributed by atoms with Gasteiger partial charge >= 0.3 is 0 Å². The Morgan fingerprint density at radius 2 is 2.27 bits per heavy atom. The first-order valence-corrected chi connectivity index (χ1v) is 5.04.